The van der Waals surface area contributed by atoms with Crippen molar-refractivity contribution in [2.24, 2.45) is 5.73 Å². The van der Waals surface area contributed by atoms with Crippen LogP contribution >= 0.6 is 0 Å². The predicted octanol–water partition coefficient (Wildman–Crippen LogP) is 7.64. The van der Waals surface area contributed by atoms with E-state index in [1.807, 2.05) is 91.0 Å². The number of ether oxygens (including phenoxy) is 2. The number of benzene rings is 5. The molecule has 0 aromatic heterocycles. The number of carbonyl (C=O) groups excluding carboxylic acids is 2. The summed E-state index contributed by atoms with van der Waals surface area (Å²) in [5.41, 5.74) is 8.47. The van der Waals surface area contributed by atoms with E-state index in [4.69, 9.17) is 15.2 Å². The molecule has 5 aromatic carbocycles. The third-order valence-electron chi connectivity index (χ3n) is 7.10. The number of amides is 2. The van der Waals surface area contributed by atoms with Gasteiger partial charge in [-0.05, 0) is 77.4 Å². The molecule has 0 saturated heterocycles. The highest BCUT2D eigenvalue weighted by molar-refractivity contribution is 5.96. The molecule has 0 fully saturated rings. The minimum atomic E-state index is -0.993. The van der Waals surface area contributed by atoms with Crippen LogP contribution in [0.25, 0.3) is 0 Å². The number of halogens is 2. The van der Waals surface area contributed by atoms with Gasteiger partial charge in [0.05, 0.1) is 12.2 Å². The van der Waals surface area contributed by atoms with Crippen LogP contribution in [0.5, 0.6) is 23.0 Å². The average molecular weight is 622 g/mol. The van der Waals surface area contributed by atoms with Gasteiger partial charge in [0.2, 0.25) is 11.8 Å². The Kier molecular flexibility index (Phi) is 10.7. The lowest BCUT2D eigenvalue weighted by atomic mass is 10.1. The van der Waals surface area contributed by atoms with Gasteiger partial charge in [-0.2, -0.15) is 0 Å². The molecule has 0 atom stereocenters. The van der Waals surface area contributed by atoms with Gasteiger partial charge < -0.3 is 25.4 Å². The number of carbonyl (C=O) groups is 2. The third-order valence-corrected chi connectivity index (χ3v) is 7.10. The quantitative estimate of drug-likeness (QED) is 0.141. The van der Waals surface area contributed by atoms with Crippen molar-refractivity contribution in [3.05, 3.63) is 150 Å². The Morgan fingerprint density at radius 3 is 2.11 bits per heavy atom. The molecule has 2 amide bonds. The second-order valence-corrected chi connectivity index (χ2v) is 10.5. The molecular weight excluding hydrogens is 588 g/mol. The average Bonchev–Trinajstić information content (AvgIpc) is 3.08. The van der Waals surface area contributed by atoms with E-state index in [-0.39, 0.29) is 31.8 Å². The van der Waals surface area contributed by atoms with E-state index in [2.05, 4.69) is 5.32 Å². The van der Waals surface area contributed by atoms with Crippen molar-refractivity contribution >= 4 is 17.5 Å². The van der Waals surface area contributed by atoms with E-state index >= 15 is 0 Å². The van der Waals surface area contributed by atoms with Crippen LogP contribution in [0.1, 0.15) is 29.5 Å². The van der Waals surface area contributed by atoms with E-state index in [1.54, 1.807) is 17.0 Å². The van der Waals surface area contributed by atoms with Crippen molar-refractivity contribution in [2.75, 3.05) is 4.90 Å². The number of para-hydroxylation sites is 3. The highest BCUT2D eigenvalue weighted by atomic mass is 19.2. The normalized spacial score (nSPS) is 10.7. The van der Waals surface area contributed by atoms with E-state index in [9.17, 15) is 18.4 Å². The zero-order valence-electron chi connectivity index (χ0n) is 25.0. The molecule has 234 valence electrons. The van der Waals surface area contributed by atoms with Gasteiger partial charge in [-0.25, -0.2) is 8.78 Å². The van der Waals surface area contributed by atoms with Crippen LogP contribution in [-0.4, -0.2) is 11.8 Å². The number of anilines is 1. The van der Waals surface area contributed by atoms with E-state index in [0.29, 0.717) is 40.8 Å². The Bertz CT molecular complexity index is 1780. The number of nitrogens with two attached hydrogens (primary N) is 1. The number of nitrogens with zero attached hydrogens (tertiary/aromatic N) is 1. The van der Waals surface area contributed by atoms with Crippen molar-refractivity contribution in [1.82, 2.24) is 5.32 Å². The fraction of sp³-hybridized carbons (Fsp3) is 0.135. The van der Waals surface area contributed by atoms with Gasteiger partial charge in [0.15, 0.2) is 17.4 Å². The summed E-state index contributed by atoms with van der Waals surface area (Å²) in [6.07, 6.45) is -0.208. The van der Waals surface area contributed by atoms with Crippen LogP contribution in [0, 0.1) is 11.6 Å². The molecule has 7 nitrogen and oxygen atoms in total. The lowest BCUT2D eigenvalue weighted by Crippen LogP contribution is -2.32. The van der Waals surface area contributed by atoms with E-state index < -0.39 is 17.5 Å². The number of rotatable bonds is 13. The maximum absolute atomic E-state index is 13.8. The Labute approximate surface area is 266 Å². The first-order valence-electron chi connectivity index (χ1n) is 14.8. The molecule has 5 aromatic rings. The fourth-order valence-electron chi connectivity index (χ4n) is 4.70. The van der Waals surface area contributed by atoms with E-state index in [1.165, 1.54) is 6.07 Å². The molecule has 0 aliphatic rings. The van der Waals surface area contributed by atoms with Crippen LogP contribution in [0.3, 0.4) is 0 Å². The molecule has 0 saturated carbocycles. The molecule has 0 bridgehead atoms. The summed E-state index contributed by atoms with van der Waals surface area (Å²) >= 11 is 0. The van der Waals surface area contributed by atoms with Gasteiger partial charge >= 0.3 is 0 Å². The van der Waals surface area contributed by atoms with Crippen LogP contribution in [0.15, 0.2) is 121 Å². The Balaban J connectivity index is 1.33. The van der Waals surface area contributed by atoms with Gasteiger partial charge in [0.25, 0.3) is 0 Å². The lowest BCUT2D eigenvalue weighted by molar-refractivity contribution is -0.125. The van der Waals surface area contributed by atoms with Crippen LogP contribution in [0.2, 0.25) is 0 Å². The van der Waals surface area contributed by atoms with Gasteiger partial charge in [-0.15, -0.1) is 0 Å². The standard InChI is InChI=1S/C37H33F2N3O4/c38-32-18-15-28(22-33(32)39)24-41-36(43)19-20-37(44)42(25-26-13-16-30(17-14-26)45-29-8-2-1-3-9-29)34-11-4-5-12-35(34)46-31-10-6-7-27(21-31)23-40/h1-18,21-22H,19-20,23-25,40H2,(H,41,43). The van der Waals surface area contributed by atoms with Crippen molar-refractivity contribution in [3.8, 4) is 23.0 Å². The fourth-order valence-corrected chi connectivity index (χ4v) is 4.70. The summed E-state index contributed by atoms with van der Waals surface area (Å²) in [5.74, 6) is -0.279. The topological polar surface area (TPSA) is 93.9 Å². The molecule has 0 aliphatic heterocycles. The predicted molar refractivity (Wildman–Crippen MR) is 172 cm³/mol. The lowest BCUT2D eigenvalue weighted by Gasteiger charge is -2.25. The summed E-state index contributed by atoms with van der Waals surface area (Å²) in [4.78, 5) is 28.0. The largest absolute Gasteiger partial charge is 0.457 e. The summed E-state index contributed by atoms with van der Waals surface area (Å²) < 4.78 is 38.9. The van der Waals surface area contributed by atoms with E-state index in [0.717, 1.165) is 23.3 Å². The number of hydrogen-bond donors (Lipinski definition) is 2. The first-order valence-corrected chi connectivity index (χ1v) is 14.8. The minimum absolute atomic E-state index is 0.00385. The van der Waals surface area contributed by atoms with Gasteiger partial charge in [0, 0.05) is 25.9 Å². The Morgan fingerprint density at radius 2 is 1.35 bits per heavy atom. The number of hydrogen-bond acceptors (Lipinski definition) is 5. The number of nitrogens with one attached hydrogen (secondary N) is 1. The molecule has 0 unspecified atom stereocenters. The maximum Gasteiger partial charge on any atom is 0.227 e. The highest BCUT2D eigenvalue weighted by Gasteiger charge is 2.21. The highest BCUT2D eigenvalue weighted by Crippen LogP contribution is 2.34. The van der Waals surface area contributed by atoms with Crippen molar-refractivity contribution in [2.45, 2.75) is 32.5 Å². The molecule has 0 radical (unpaired) electrons. The first kappa shape index (κ1) is 31.9. The van der Waals surface area contributed by atoms with Gasteiger partial charge in [-0.3, -0.25) is 9.59 Å². The summed E-state index contributed by atoms with van der Waals surface area (Å²) in [6, 6.07) is 34.8. The molecular formula is C37H33F2N3O4. The third kappa shape index (κ3) is 8.77. The zero-order chi connectivity index (χ0) is 32.3. The monoisotopic (exact) mass is 621 g/mol. The molecule has 0 heterocycles. The SMILES string of the molecule is NCc1cccc(Oc2ccccc2N(Cc2ccc(Oc3ccccc3)cc2)C(=O)CCC(=O)NCc2ccc(F)c(F)c2)c1. The second-order valence-electron chi connectivity index (χ2n) is 10.5. The maximum atomic E-state index is 13.8. The molecule has 3 N–H and O–H groups in total. The van der Waals surface area contributed by atoms with Crippen LogP contribution in [0.4, 0.5) is 14.5 Å². The smallest absolute Gasteiger partial charge is 0.227 e. The summed E-state index contributed by atoms with van der Waals surface area (Å²) in [6.45, 7) is 0.555. The molecule has 0 spiro atoms. The minimum Gasteiger partial charge on any atom is -0.457 e. The molecule has 5 rings (SSSR count). The molecule has 0 aliphatic carbocycles. The van der Waals surface area contributed by atoms with Crippen molar-refractivity contribution in [3.63, 3.8) is 0 Å². The molecule has 46 heavy (non-hydrogen) atoms. The van der Waals surface area contributed by atoms with Gasteiger partial charge in [0.1, 0.15) is 17.2 Å². The van der Waals surface area contributed by atoms with Crippen LogP contribution in [-0.2, 0) is 29.2 Å². The van der Waals surface area contributed by atoms with Crippen LogP contribution < -0.4 is 25.4 Å². The molecule has 9 heteroatoms. The van der Waals surface area contributed by atoms with Crippen molar-refractivity contribution < 1.29 is 27.8 Å². The summed E-state index contributed by atoms with van der Waals surface area (Å²) in [7, 11) is 0. The Hall–Kier alpha value is -5.54. The summed E-state index contributed by atoms with van der Waals surface area (Å²) in [5, 5.41) is 2.66. The first-order chi connectivity index (χ1) is 22.4. The van der Waals surface area contributed by atoms with Gasteiger partial charge in [-0.1, -0.05) is 60.7 Å². The Morgan fingerprint density at radius 1 is 0.652 bits per heavy atom. The zero-order valence-corrected chi connectivity index (χ0v) is 25.0. The second kappa shape index (κ2) is 15.5. The van der Waals surface area contributed by atoms with Crippen molar-refractivity contribution in [1.29, 1.82) is 0 Å².